The SMILES string of the molecule is Cc1cc(CS(=O)(=O)N2CC(=O)NC(=O)C2)no1. The number of sulfonamides is 1. The Morgan fingerprint density at radius 3 is 2.50 bits per heavy atom. The van der Waals surface area contributed by atoms with Crippen LogP contribution in [0, 0.1) is 6.92 Å². The number of aromatic nitrogens is 1. The Hall–Kier alpha value is -1.74. The zero-order valence-electron chi connectivity index (χ0n) is 9.54. The number of hydrogen-bond donors (Lipinski definition) is 1. The molecule has 1 aromatic rings. The number of rotatable bonds is 3. The van der Waals surface area contributed by atoms with Gasteiger partial charge in [-0.2, -0.15) is 4.31 Å². The molecule has 0 saturated carbocycles. The van der Waals surface area contributed by atoms with E-state index in [4.69, 9.17) is 4.52 Å². The molecule has 0 bridgehead atoms. The summed E-state index contributed by atoms with van der Waals surface area (Å²) in [5.41, 5.74) is 0.242. The summed E-state index contributed by atoms with van der Waals surface area (Å²) in [5.74, 6) is -1.17. The van der Waals surface area contributed by atoms with Crippen molar-refractivity contribution in [1.82, 2.24) is 14.8 Å². The Morgan fingerprint density at radius 2 is 2.00 bits per heavy atom. The van der Waals surface area contributed by atoms with Crippen molar-refractivity contribution in [3.63, 3.8) is 0 Å². The number of amides is 2. The van der Waals surface area contributed by atoms with Gasteiger partial charge >= 0.3 is 0 Å². The lowest BCUT2D eigenvalue weighted by molar-refractivity contribution is -0.134. The summed E-state index contributed by atoms with van der Waals surface area (Å²) in [7, 11) is -3.76. The molecule has 2 heterocycles. The maximum absolute atomic E-state index is 12.0. The van der Waals surface area contributed by atoms with E-state index in [1.165, 1.54) is 6.07 Å². The molecule has 0 aromatic carbocycles. The molecule has 18 heavy (non-hydrogen) atoms. The lowest BCUT2D eigenvalue weighted by Gasteiger charge is -2.24. The third-order valence-corrected chi connectivity index (χ3v) is 4.02. The van der Waals surface area contributed by atoms with Crippen molar-refractivity contribution in [3.8, 4) is 0 Å². The average molecular weight is 273 g/mol. The topological polar surface area (TPSA) is 110 Å². The van der Waals surface area contributed by atoms with Crippen molar-refractivity contribution >= 4 is 21.8 Å². The van der Waals surface area contributed by atoms with E-state index in [-0.39, 0.29) is 18.8 Å². The van der Waals surface area contributed by atoms with Crippen LogP contribution < -0.4 is 5.32 Å². The second kappa shape index (κ2) is 4.50. The molecule has 1 aliphatic rings. The van der Waals surface area contributed by atoms with Crippen LogP contribution in [0.25, 0.3) is 0 Å². The van der Waals surface area contributed by atoms with Gasteiger partial charge in [-0.3, -0.25) is 14.9 Å². The van der Waals surface area contributed by atoms with Gasteiger partial charge in [-0.25, -0.2) is 8.42 Å². The van der Waals surface area contributed by atoms with Crippen LogP contribution in [0.3, 0.4) is 0 Å². The van der Waals surface area contributed by atoms with Crippen molar-refractivity contribution in [3.05, 3.63) is 17.5 Å². The Bertz CT molecular complexity index is 575. The van der Waals surface area contributed by atoms with Crippen LogP contribution in [0.5, 0.6) is 0 Å². The molecular weight excluding hydrogens is 262 g/mol. The third kappa shape index (κ3) is 2.74. The summed E-state index contributed by atoms with van der Waals surface area (Å²) in [6.45, 7) is 0.927. The highest BCUT2D eigenvalue weighted by molar-refractivity contribution is 7.88. The van der Waals surface area contributed by atoms with Gasteiger partial charge in [-0.15, -0.1) is 0 Å². The van der Waals surface area contributed by atoms with E-state index in [0.717, 1.165) is 4.31 Å². The van der Waals surface area contributed by atoms with Gasteiger partial charge in [0.1, 0.15) is 17.2 Å². The normalized spacial score (nSPS) is 17.8. The van der Waals surface area contributed by atoms with Gasteiger partial charge in [-0.1, -0.05) is 5.16 Å². The van der Waals surface area contributed by atoms with Gasteiger partial charge in [0.25, 0.3) is 0 Å². The highest BCUT2D eigenvalue weighted by Gasteiger charge is 2.32. The predicted octanol–water partition coefficient (Wildman–Crippen LogP) is -1.23. The Kier molecular flexibility index (Phi) is 3.18. The first-order valence-corrected chi connectivity index (χ1v) is 6.70. The number of carbonyl (C=O) groups excluding carboxylic acids is 2. The van der Waals surface area contributed by atoms with Crippen LogP contribution >= 0.6 is 0 Å². The average Bonchev–Trinajstić information content (AvgIpc) is 2.61. The van der Waals surface area contributed by atoms with Crippen molar-refractivity contribution in [2.24, 2.45) is 0 Å². The molecule has 1 aromatic heterocycles. The monoisotopic (exact) mass is 273 g/mol. The smallest absolute Gasteiger partial charge is 0.241 e. The molecule has 0 radical (unpaired) electrons. The van der Waals surface area contributed by atoms with Gasteiger partial charge in [0, 0.05) is 6.07 Å². The van der Waals surface area contributed by atoms with E-state index < -0.39 is 27.6 Å². The van der Waals surface area contributed by atoms with Gasteiger partial charge < -0.3 is 4.52 Å². The third-order valence-electron chi connectivity index (χ3n) is 2.32. The Morgan fingerprint density at radius 1 is 1.39 bits per heavy atom. The van der Waals surface area contributed by atoms with Crippen molar-refractivity contribution < 1.29 is 22.5 Å². The molecule has 0 spiro atoms. The summed E-state index contributed by atoms with van der Waals surface area (Å²) in [6, 6.07) is 1.49. The molecule has 2 amide bonds. The fourth-order valence-electron chi connectivity index (χ4n) is 1.57. The molecule has 98 valence electrons. The van der Waals surface area contributed by atoms with E-state index in [1.54, 1.807) is 6.92 Å². The second-order valence-corrected chi connectivity index (χ2v) is 5.89. The maximum Gasteiger partial charge on any atom is 0.241 e. The first-order chi connectivity index (χ1) is 8.37. The first kappa shape index (κ1) is 12.7. The van der Waals surface area contributed by atoms with Gasteiger partial charge in [-0.05, 0) is 6.92 Å². The maximum atomic E-state index is 12.0. The standard InChI is InChI=1S/C9H11N3O5S/c1-6-2-7(11-17-6)5-18(15,16)12-3-8(13)10-9(14)4-12/h2H,3-5H2,1H3,(H,10,13,14). The summed E-state index contributed by atoms with van der Waals surface area (Å²) in [6.07, 6.45) is 0. The molecule has 0 unspecified atom stereocenters. The van der Waals surface area contributed by atoms with Crippen molar-refractivity contribution in [2.45, 2.75) is 12.7 Å². The quantitative estimate of drug-likeness (QED) is 0.691. The highest BCUT2D eigenvalue weighted by atomic mass is 32.2. The number of aryl methyl sites for hydroxylation is 1. The fraction of sp³-hybridized carbons (Fsp3) is 0.444. The molecule has 2 rings (SSSR count). The minimum absolute atomic E-state index is 0.242. The lowest BCUT2D eigenvalue weighted by Crippen LogP contribution is -2.53. The van der Waals surface area contributed by atoms with Crippen LogP contribution in [0.2, 0.25) is 0 Å². The highest BCUT2D eigenvalue weighted by Crippen LogP contribution is 2.12. The molecule has 8 nitrogen and oxygen atoms in total. The number of nitrogens with zero attached hydrogens (tertiary/aromatic N) is 2. The van der Waals surface area contributed by atoms with Gasteiger partial charge in [0.05, 0.1) is 13.1 Å². The van der Waals surface area contributed by atoms with E-state index in [9.17, 15) is 18.0 Å². The van der Waals surface area contributed by atoms with E-state index in [1.807, 2.05) is 5.32 Å². The summed E-state index contributed by atoms with van der Waals surface area (Å²) in [5, 5.41) is 5.60. The molecule has 0 aliphatic carbocycles. The second-order valence-electron chi connectivity index (χ2n) is 3.92. The number of carbonyl (C=O) groups is 2. The minimum Gasteiger partial charge on any atom is -0.361 e. The molecule has 1 fully saturated rings. The van der Waals surface area contributed by atoms with Crippen LogP contribution in [0.15, 0.2) is 10.6 Å². The molecule has 9 heteroatoms. The van der Waals surface area contributed by atoms with Crippen LogP contribution in [-0.4, -0.2) is 42.8 Å². The summed E-state index contributed by atoms with van der Waals surface area (Å²) >= 11 is 0. The number of piperazine rings is 1. The van der Waals surface area contributed by atoms with Crippen LogP contribution in [0.1, 0.15) is 11.5 Å². The fourth-order valence-corrected chi connectivity index (χ4v) is 2.89. The number of imide groups is 1. The van der Waals surface area contributed by atoms with E-state index in [2.05, 4.69) is 5.16 Å². The van der Waals surface area contributed by atoms with Crippen molar-refractivity contribution in [1.29, 1.82) is 0 Å². The molecule has 1 aliphatic heterocycles. The van der Waals surface area contributed by atoms with Gasteiger partial charge in [0.15, 0.2) is 0 Å². The Labute approximate surface area is 103 Å². The lowest BCUT2D eigenvalue weighted by atomic mass is 10.4. The number of nitrogens with one attached hydrogen (secondary N) is 1. The van der Waals surface area contributed by atoms with Crippen LogP contribution in [0.4, 0.5) is 0 Å². The number of hydrogen-bond acceptors (Lipinski definition) is 6. The zero-order valence-corrected chi connectivity index (χ0v) is 10.4. The van der Waals surface area contributed by atoms with Gasteiger partial charge in [0.2, 0.25) is 21.8 Å². The molecule has 1 saturated heterocycles. The van der Waals surface area contributed by atoms with Crippen LogP contribution in [-0.2, 0) is 25.4 Å². The molecule has 1 N–H and O–H groups in total. The van der Waals surface area contributed by atoms with Crippen molar-refractivity contribution in [2.75, 3.05) is 13.1 Å². The molecular formula is C9H11N3O5S. The summed E-state index contributed by atoms with van der Waals surface area (Å²) in [4.78, 5) is 22.2. The van der Waals surface area contributed by atoms with E-state index in [0.29, 0.717) is 5.76 Å². The Balaban J connectivity index is 2.15. The minimum atomic E-state index is -3.76. The molecule has 0 atom stereocenters. The first-order valence-electron chi connectivity index (χ1n) is 5.09. The van der Waals surface area contributed by atoms with E-state index >= 15 is 0 Å². The predicted molar refractivity (Wildman–Crippen MR) is 58.6 cm³/mol. The largest absolute Gasteiger partial charge is 0.361 e. The zero-order chi connectivity index (χ0) is 13.3. The summed E-state index contributed by atoms with van der Waals surface area (Å²) < 4.78 is 29.5.